The van der Waals surface area contributed by atoms with Gasteiger partial charge >= 0.3 is 37.9 Å². The summed E-state index contributed by atoms with van der Waals surface area (Å²) in [5.41, 5.74) is 10.5. The van der Waals surface area contributed by atoms with E-state index in [1.807, 2.05) is 0 Å². The Kier molecular flexibility index (Phi) is 14.0. The van der Waals surface area contributed by atoms with Crippen LogP contribution in [0.25, 0.3) is 87.2 Å². The molecule has 0 N–H and O–H groups in total. The van der Waals surface area contributed by atoms with Crippen LogP contribution >= 0.6 is 17.0 Å². The summed E-state index contributed by atoms with van der Waals surface area (Å²) >= 11 is -0.826. The number of rotatable bonds is 4. The van der Waals surface area contributed by atoms with Crippen molar-refractivity contribution >= 4 is 80.4 Å². The van der Waals surface area contributed by atoms with E-state index in [1.54, 1.807) is 0 Å². The molecule has 0 bridgehead atoms. The van der Waals surface area contributed by atoms with Gasteiger partial charge in [-0.1, -0.05) is 190 Å². The van der Waals surface area contributed by atoms with Gasteiger partial charge in [0.15, 0.2) is 0 Å². The van der Waals surface area contributed by atoms with Gasteiger partial charge in [0, 0.05) is 9.52 Å². The Morgan fingerprint density at radius 3 is 1.40 bits per heavy atom. The molecule has 0 atom stereocenters. The van der Waals surface area contributed by atoms with E-state index in [0.29, 0.717) is 5.92 Å². The Labute approximate surface area is 364 Å². The zero-order valence-corrected chi connectivity index (χ0v) is 38.6. The van der Waals surface area contributed by atoms with Crippen LogP contribution in [0.2, 0.25) is 13.1 Å². The second-order valence-electron chi connectivity index (χ2n) is 15.0. The van der Waals surface area contributed by atoms with Crippen molar-refractivity contribution < 1.29 is 20.8 Å². The van der Waals surface area contributed by atoms with Crippen LogP contribution < -0.4 is 0 Å². The Bertz CT molecular complexity index is 2930. The summed E-state index contributed by atoms with van der Waals surface area (Å²) in [6, 6.07) is 66.4. The fourth-order valence-electron chi connectivity index (χ4n) is 8.07. The summed E-state index contributed by atoms with van der Waals surface area (Å²) in [5.74, 6) is 0.563. The van der Waals surface area contributed by atoms with E-state index >= 15 is 0 Å². The Morgan fingerprint density at radius 1 is 0.448 bits per heavy atom. The third kappa shape index (κ3) is 9.02. The molecule has 0 aromatic heterocycles. The molecule has 0 heterocycles. The van der Waals surface area contributed by atoms with E-state index in [2.05, 4.69) is 216 Å². The molecule has 58 heavy (non-hydrogen) atoms. The van der Waals surface area contributed by atoms with E-state index in [9.17, 15) is 0 Å². The average molecular weight is 885 g/mol. The van der Waals surface area contributed by atoms with Crippen molar-refractivity contribution in [1.82, 2.24) is 0 Å². The molecule has 0 nitrogen and oxygen atoms in total. The van der Waals surface area contributed by atoms with Gasteiger partial charge in [0.1, 0.15) is 0 Å². The molecule has 284 valence electrons. The zero-order valence-electron chi connectivity index (χ0n) is 33.7. The topological polar surface area (TPSA) is 0 Å². The first-order valence-electron chi connectivity index (χ1n) is 19.7. The Morgan fingerprint density at radius 2 is 0.862 bits per heavy atom. The van der Waals surface area contributed by atoms with Gasteiger partial charge in [-0.25, -0.2) is 0 Å². The van der Waals surface area contributed by atoms with Crippen LogP contribution in [0.15, 0.2) is 182 Å². The number of aryl methyl sites for hydroxylation is 1. The second kappa shape index (κ2) is 19.5. The first kappa shape index (κ1) is 41.6. The predicted octanol–water partition coefficient (Wildman–Crippen LogP) is 17.2. The molecule has 0 aliphatic rings. The Hall–Kier alpha value is -4.56. The van der Waals surface area contributed by atoms with Crippen molar-refractivity contribution in [3.05, 3.63) is 193 Å². The average Bonchev–Trinajstić information content (AvgIpc) is 3.87. The summed E-state index contributed by atoms with van der Waals surface area (Å²) in [5, 5.41) is 13.1. The van der Waals surface area contributed by atoms with Crippen LogP contribution in [-0.2, 0) is 20.8 Å². The molecule has 10 aromatic carbocycles. The molecular formula is C54H46Cl2SiZr. The van der Waals surface area contributed by atoms with Gasteiger partial charge in [-0.05, 0) is 54.9 Å². The zero-order chi connectivity index (χ0) is 40.6. The second-order valence-corrected chi connectivity index (χ2v) is 19.7. The summed E-state index contributed by atoms with van der Waals surface area (Å²) in [7, 11) is 11.0. The minimum atomic E-state index is -0.826. The number of fused-ring (bicyclic) bond motifs is 5. The monoisotopic (exact) mass is 882 g/mol. The quantitative estimate of drug-likeness (QED) is 0.122. The van der Waals surface area contributed by atoms with Crippen LogP contribution in [0.3, 0.4) is 0 Å². The van der Waals surface area contributed by atoms with Crippen LogP contribution in [0.5, 0.6) is 0 Å². The maximum absolute atomic E-state index is 4.93. The molecule has 2 radical (unpaired) electrons. The molecule has 0 spiro atoms. The molecule has 10 rings (SSSR count). The molecule has 10 aromatic rings. The number of benzene rings is 8. The summed E-state index contributed by atoms with van der Waals surface area (Å²) < 4.78 is 0. The molecule has 0 amide bonds. The summed E-state index contributed by atoms with van der Waals surface area (Å²) in [6.07, 6.45) is 0. The number of hydrogen-bond acceptors (Lipinski definition) is 0. The molecule has 0 saturated carbocycles. The van der Waals surface area contributed by atoms with Crippen LogP contribution in [-0.4, -0.2) is 9.52 Å². The predicted molar refractivity (Wildman–Crippen MR) is 256 cm³/mol. The Balaban J connectivity index is 0.000000161. The van der Waals surface area contributed by atoms with E-state index in [0.717, 1.165) is 9.52 Å². The SMILES string of the molecule is CC(C)c1cc2c(-c3cccc4ccccc34)cccc2[cH-]1.C[Si]C.Cc1cc2c(-c3cccc4ccccc34)cc(-c3cccc4ccccc34)cc2[cH-]1.[Cl][Zr+2][Cl]. The van der Waals surface area contributed by atoms with Crippen molar-refractivity contribution in [2.45, 2.75) is 39.8 Å². The van der Waals surface area contributed by atoms with Crippen LogP contribution in [0, 0.1) is 6.92 Å². The van der Waals surface area contributed by atoms with E-state index < -0.39 is 20.8 Å². The molecule has 4 heteroatoms. The van der Waals surface area contributed by atoms with Crippen LogP contribution in [0.1, 0.15) is 30.9 Å². The number of halogens is 2. The van der Waals surface area contributed by atoms with Gasteiger partial charge in [0.2, 0.25) is 0 Å². The fourth-order valence-corrected chi connectivity index (χ4v) is 8.07. The minimum absolute atomic E-state index is 0.563. The molecular weight excluding hydrogens is 839 g/mol. The van der Waals surface area contributed by atoms with Gasteiger partial charge < -0.3 is 0 Å². The van der Waals surface area contributed by atoms with Crippen molar-refractivity contribution in [1.29, 1.82) is 0 Å². The summed E-state index contributed by atoms with van der Waals surface area (Å²) in [4.78, 5) is 0. The maximum atomic E-state index is 4.93. The van der Waals surface area contributed by atoms with Gasteiger partial charge in [0.25, 0.3) is 0 Å². The third-order valence-electron chi connectivity index (χ3n) is 10.7. The molecule has 0 saturated heterocycles. The van der Waals surface area contributed by atoms with Gasteiger partial charge in [0.05, 0.1) is 0 Å². The van der Waals surface area contributed by atoms with Gasteiger partial charge in [-0.15, -0.1) is 63.0 Å². The van der Waals surface area contributed by atoms with Crippen LogP contribution in [0.4, 0.5) is 0 Å². The van der Waals surface area contributed by atoms with Crippen molar-refractivity contribution in [3.63, 3.8) is 0 Å². The molecule has 0 aliphatic carbocycles. The molecule has 0 fully saturated rings. The van der Waals surface area contributed by atoms with Gasteiger partial charge in [-0.2, -0.15) is 12.1 Å². The van der Waals surface area contributed by atoms with Gasteiger partial charge in [-0.3, -0.25) is 0 Å². The normalized spacial score (nSPS) is 10.8. The van der Waals surface area contributed by atoms with E-state index in [-0.39, 0.29) is 0 Å². The van der Waals surface area contributed by atoms with Crippen molar-refractivity contribution in [2.24, 2.45) is 0 Å². The third-order valence-corrected chi connectivity index (χ3v) is 10.7. The summed E-state index contributed by atoms with van der Waals surface area (Å²) in [6.45, 7) is 11.0. The first-order valence-corrected chi connectivity index (χ1v) is 28.1. The standard InChI is InChI=1S/C30H21.C22H19.C2H6Si.2ClH.Zr/c1-20-16-23-18-24(27-14-6-10-21-8-2-4-12-25(21)27)19-30(29(23)17-20)28-15-7-11-22-9-3-5-13-26(22)28;1-15(2)18-13-17-9-6-12-21(22(17)14-18)20-11-5-8-16-7-3-4-10-19(16)20;1-3-2;;;/h2-19H,1H3;3-15H,1-2H3;1-2H3;2*1H;/q2*-1;;;;+4/p-2. The fraction of sp³-hybridized carbons (Fsp3) is 0.111. The van der Waals surface area contributed by atoms with E-state index in [4.69, 9.17) is 17.0 Å². The van der Waals surface area contributed by atoms with Crippen molar-refractivity contribution in [2.75, 3.05) is 0 Å². The first-order chi connectivity index (χ1) is 28.3. The number of hydrogen-bond donors (Lipinski definition) is 0. The van der Waals surface area contributed by atoms with Crippen molar-refractivity contribution in [3.8, 4) is 33.4 Å². The molecule has 0 unspecified atom stereocenters. The van der Waals surface area contributed by atoms with E-state index in [1.165, 1.54) is 98.4 Å². The molecule has 0 aliphatic heterocycles.